The molecule has 2 aromatic rings. The molecule has 0 spiro atoms. The molecule has 1 amide bonds. The first-order valence-corrected chi connectivity index (χ1v) is 8.81. The zero-order valence-electron chi connectivity index (χ0n) is 14.6. The molecule has 0 unspecified atom stereocenters. The lowest BCUT2D eigenvalue weighted by atomic mass is 10.1. The number of carbonyl (C=O) groups excluding carboxylic acids is 1. The predicted octanol–water partition coefficient (Wildman–Crippen LogP) is 4.69. The van der Waals surface area contributed by atoms with E-state index in [0.717, 1.165) is 0 Å². The second kappa shape index (κ2) is 8.97. The van der Waals surface area contributed by atoms with Gasteiger partial charge in [-0.05, 0) is 56.3 Å². The van der Waals surface area contributed by atoms with Crippen LogP contribution in [0.4, 0.5) is 14.5 Å². The number of nitrogens with zero attached hydrogens (tertiary/aromatic N) is 1. The van der Waals surface area contributed by atoms with Crippen LogP contribution in [-0.4, -0.2) is 30.2 Å². The van der Waals surface area contributed by atoms with Crippen LogP contribution in [0, 0.1) is 13.8 Å². The average Bonchev–Trinajstić information content (AvgIpc) is 2.51. The van der Waals surface area contributed by atoms with Gasteiger partial charge in [0.15, 0.2) is 0 Å². The van der Waals surface area contributed by atoms with Crippen molar-refractivity contribution < 1.29 is 13.6 Å². The predicted molar refractivity (Wildman–Crippen MR) is 99.2 cm³/mol. The second-order valence-electron chi connectivity index (χ2n) is 6.05. The molecule has 0 aliphatic rings. The van der Waals surface area contributed by atoms with Gasteiger partial charge in [0.05, 0.1) is 6.54 Å². The Morgan fingerprint density at radius 2 is 1.84 bits per heavy atom. The molecular formula is C19H22F2N2OS. The lowest BCUT2D eigenvalue weighted by Gasteiger charge is -2.18. The minimum atomic E-state index is -2.45. The maximum atomic E-state index is 12.3. The number of carbonyl (C=O) groups is 1. The molecule has 0 atom stereocenters. The van der Waals surface area contributed by atoms with Crippen molar-refractivity contribution in [1.29, 1.82) is 0 Å². The highest BCUT2D eigenvalue weighted by Crippen LogP contribution is 2.26. The van der Waals surface area contributed by atoms with E-state index in [0.29, 0.717) is 28.9 Å². The highest BCUT2D eigenvalue weighted by atomic mass is 32.2. The Balaban J connectivity index is 1.86. The van der Waals surface area contributed by atoms with Gasteiger partial charge in [-0.25, -0.2) is 0 Å². The molecule has 0 aromatic heterocycles. The number of benzene rings is 2. The Hall–Kier alpha value is -1.92. The largest absolute Gasteiger partial charge is 0.325 e. The first-order chi connectivity index (χ1) is 11.8. The summed E-state index contributed by atoms with van der Waals surface area (Å²) in [7, 11) is 1.89. The molecule has 0 heterocycles. The van der Waals surface area contributed by atoms with Crippen molar-refractivity contribution in [3.63, 3.8) is 0 Å². The van der Waals surface area contributed by atoms with E-state index in [1.807, 2.05) is 11.9 Å². The fraction of sp³-hybridized carbons (Fsp3) is 0.316. The van der Waals surface area contributed by atoms with Crippen LogP contribution in [0.15, 0.2) is 47.4 Å². The molecule has 6 heteroatoms. The average molecular weight is 364 g/mol. The third-order valence-electron chi connectivity index (χ3n) is 3.72. The lowest BCUT2D eigenvalue weighted by molar-refractivity contribution is -0.117. The third kappa shape index (κ3) is 6.48. The number of likely N-dealkylation sites (N-methyl/N-ethyl adjacent to an activating group) is 1. The van der Waals surface area contributed by atoms with Gasteiger partial charge in [-0.15, -0.1) is 0 Å². The smallest absolute Gasteiger partial charge is 0.288 e. The summed E-state index contributed by atoms with van der Waals surface area (Å²) < 4.78 is 24.6. The van der Waals surface area contributed by atoms with Crippen LogP contribution in [0.25, 0.3) is 0 Å². The number of aryl methyl sites for hydroxylation is 2. The minimum Gasteiger partial charge on any atom is -0.325 e. The molecule has 0 bridgehead atoms. The molecule has 2 rings (SSSR count). The monoisotopic (exact) mass is 364 g/mol. The van der Waals surface area contributed by atoms with Crippen LogP contribution >= 0.6 is 11.8 Å². The zero-order chi connectivity index (χ0) is 18.4. The van der Waals surface area contributed by atoms with Crippen LogP contribution in [0.1, 0.15) is 16.7 Å². The third-order valence-corrected chi connectivity index (χ3v) is 4.44. The van der Waals surface area contributed by atoms with E-state index in [4.69, 9.17) is 0 Å². The summed E-state index contributed by atoms with van der Waals surface area (Å²) in [6.07, 6.45) is 0. The molecule has 1 N–H and O–H groups in total. The van der Waals surface area contributed by atoms with Gasteiger partial charge in [-0.2, -0.15) is 8.78 Å². The molecule has 25 heavy (non-hydrogen) atoms. The maximum Gasteiger partial charge on any atom is 0.288 e. The first kappa shape index (κ1) is 19.4. The Bertz CT molecular complexity index is 720. The highest BCUT2D eigenvalue weighted by Gasteiger charge is 2.10. The standard InChI is InChI=1S/C19H22F2N2OS/c1-13-4-5-15(14(2)10-13)11-23(3)12-18(24)22-16-6-8-17(9-7-16)25-19(20)21/h4-10,19H,11-12H2,1-3H3,(H,22,24). The minimum absolute atomic E-state index is 0.137. The Morgan fingerprint density at radius 1 is 1.16 bits per heavy atom. The van der Waals surface area contributed by atoms with Crippen molar-refractivity contribution in [2.45, 2.75) is 31.0 Å². The van der Waals surface area contributed by atoms with Crippen LogP contribution in [0.2, 0.25) is 0 Å². The number of nitrogens with one attached hydrogen (secondary N) is 1. The number of amides is 1. The van der Waals surface area contributed by atoms with Crippen molar-refractivity contribution >= 4 is 23.4 Å². The number of anilines is 1. The maximum absolute atomic E-state index is 12.3. The van der Waals surface area contributed by atoms with Crippen LogP contribution in [0.5, 0.6) is 0 Å². The van der Waals surface area contributed by atoms with Gasteiger partial charge in [-0.1, -0.05) is 35.5 Å². The second-order valence-corrected chi connectivity index (χ2v) is 7.12. The van der Waals surface area contributed by atoms with E-state index in [2.05, 4.69) is 37.4 Å². The number of alkyl halides is 2. The molecule has 0 saturated carbocycles. The van der Waals surface area contributed by atoms with E-state index in [9.17, 15) is 13.6 Å². The van der Waals surface area contributed by atoms with E-state index in [-0.39, 0.29) is 12.5 Å². The van der Waals surface area contributed by atoms with E-state index < -0.39 is 5.76 Å². The van der Waals surface area contributed by atoms with Crippen molar-refractivity contribution in [3.05, 3.63) is 59.2 Å². The Morgan fingerprint density at radius 3 is 2.44 bits per heavy atom. The Kier molecular flexibility index (Phi) is 6.96. The summed E-state index contributed by atoms with van der Waals surface area (Å²) in [5.41, 5.74) is 4.22. The van der Waals surface area contributed by atoms with E-state index >= 15 is 0 Å². The van der Waals surface area contributed by atoms with E-state index in [1.165, 1.54) is 16.7 Å². The van der Waals surface area contributed by atoms with Gasteiger partial charge in [-0.3, -0.25) is 9.69 Å². The van der Waals surface area contributed by atoms with Crippen molar-refractivity contribution in [2.24, 2.45) is 0 Å². The normalized spacial score (nSPS) is 11.2. The summed E-state index contributed by atoms with van der Waals surface area (Å²) in [4.78, 5) is 14.5. The fourth-order valence-electron chi connectivity index (χ4n) is 2.54. The van der Waals surface area contributed by atoms with Gasteiger partial charge in [0.2, 0.25) is 5.91 Å². The van der Waals surface area contributed by atoms with Crippen molar-refractivity contribution in [2.75, 3.05) is 18.9 Å². The van der Waals surface area contributed by atoms with Gasteiger partial charge < -0.3 is 5.32 Å². The number of hydrogen-bond acceptors (Lipinski definition) is 3. The zero-order valence-corrected chi connectivity index (χ0v) is 15.4. The number of hydrogen-bond donors (Lipinski definition) is 1. The van der Waals surface area contributed by atoms with Crippen molar-refractivity contribution in [1.82, 2.24) is 4.90 Å². The molecule has 134 valence electrons. The summed E-state index contributed by atoms with van der Waals surface area (Å²) in [6, 6.07) is 12.7. The van der Waals surface area contributed by atoms with Gasteiger partial charge in [0, 0.05) is 17.1 Å². The van der Waals surface area contributed by atoms with Crippen molar-refractivity contribution in [3.8, 4) is 0 Å². The molecule has 0 radical (unpaired) electrons. The molecule has 0 aliphatic carbocycles. The molecule has 0 aliphatic heterocycles. The molecule has 3 nitrogen and oxygen atoms in total. The van der Waals surface area contributed by atoms with Gasteiger partial charge in [0.1, 0.15) is 0 Å². The summed E-state index contributed by atoms with van der Waals surface area (Å²) in [6.45, 7) is 5.05. The number of thioether (sulfide) groups is 1. The molecule has 0 fully saturated rings. The van der Waals surface area contributed by atoms with Gasteiger partial charge in [0.25, 0.3) is 5.76 Å². The SMILES string of the molecule is Cc1ccc(CN(C)CC(=O)Nc2ccc(SC(F)F)cc2)c(C)c1. The van der Waals surface area contributed by atoms with Crippen LogP contribution in [0.3, 0.4) is 0 Å². The van der Waals surface area contributed by atoms with Crippen LogP contribution < -0.4 is 5.32 Å². The van der Waals surface area contributed by atoms with Crippen LogP contribution in [-0.2, 0) is 11.3 Å². The van der Waals surface area contributed by atoms with Gasteiger partial charge >= 0.3 is 0 Å². The molecular weight excluding hydrogens is 342 g/mol. The quantitative estimate of drug-likeness (QED) is 0.724. The Labute approximate surface area is 151 Å². The summed E-state index contributed by atoms with van der Waals surface area (Å²) in [5, 5.41) is 2.79. The van der Waals surface area contributed by atoms with E-state index in [1.54, 1.807) is 24.3 Å². The lowest BCUT2D eigenvalue weighted by Crippen LogP contribution is -2.30. The number of rotatable bonds is 7. The highest BCUT2D eigenvalue weighted by molar-refractivity contribution is 7.99. The fourth-order valence-corrected chi connectivity index (χ4v) is 3.03. The molecule has 0 saturated heterocycles. The topological polar surface area (TPSA) is 32.3 Å². The summed E-state index contributed by atoms with van der Waals surface area (Å²) in [5.74, 6) is -2.58. The first-order valence-electron chi connectivity index (χ1n) is 7.93. The summed E-state index contributed by atoms with van der Waals surface area (Å²) >= 11 is 0.486. The molecule has 2 aromatic carbocycles. The number of halogens is 2.